The molecule has 0 aliphatic carbocycles. The lowest BCUT2D eigenvalue weighted by Gasteiger charge is -2.03. The van der Waals surface area contributed by atoms with E-state index in [0.717, 1.165) is 15.2 Å². The Labute approximate surface area is 119 Å². The van der Waals surface area contributed by atoms with Crippen LogP contribution in [0.15, 0.2) is 36.4 Å². The van der Waals surface area contributed by atoms with Crippen molar-refractivity contribution in [3.63, 3.8) is 0 Å². The highest BCUT2D eigenvalue weighted by molar-refractivity contribution is 7.21. The molecule has 0 saturated heterocycles. The van der Waals surface area contributed by atoms with Crippen LogP contribution < -0.4 is 4.74 Å². The van der Waals surface area contributed by atoms with Gasteiger partial charge in [-0.25, -0.2) is 4.98 Å². The van der Waals surface area contributed by atoms with Gasteiger partial charge in [-0.05, 0) is 30.3 Å². The van der Waals surface area contributed by atoms with Gasteiger partial charge in [0, 0.05) is 11.1 Å². The highest BCUT2D eigenvalue weighted by atomic mass is 35.5. The van der Waals surface area contributed by atoms with Gasteiger partial charge in [0.2, 0.25) is 0 Å². The van der Waals surface area contributed by atoms with Crippen LogP contribution in [0.2, 0.25) is 5.02 Å². The molecule has 0 bridgehead atoms. The number of thiazole rings is 1. The lowest BCUT2D eigenvalue weighted by atomic mass is 10.2. The smallest absolute Gasteiger partial charge is 0.129 e. The molecule has 0 radical (unpaired) electrons. The van der Waals surface area contributed by atoms with Gasteiger partial charge in [-0.3, -0.25) is 0 Å². The minimum absolute atomic E-state index is 0.157. The maximum Gasteiger partial charge on any atom is 0.129 e. The topological polar surface area (TPSA) is 42.4 Å². The van der Waals surface area contributed by atoms with E-state index in [2.05, 4.69) is 4.98 Å². The average Bonchev–Trinajstić information content (AvgIpc) is 2.81. The highest BCUT2D eigenvalue weighted by Crippen LogP contribution is 2.37. The molecule has 96 valence electrons. The Morgan fingerprint density at radius 2 is 2.05 bits per heavy atom. The van der Waals surface area contributed by atoms with Crippen molar-refractivity contribution in [1.29, 1.82) is 0 Å². The molecule has 0 aliphatic heterocycles. The second-order valence-corrected chi connectivity index (χ2v) is 5.48. The first kappa shape index (κ1) is 12.3. The fraction of sp³-hybridized carbons (Fsp3) is 0.0714. The van der Waals surface area contributed by atoms with E-state index in [-0.39, 0.29) is 5.75 Å². The largest absolute Gasteiger partial charge is 0.507 e. The average molecular weight is 292 g/mol. The van der Waals surface area contributed by atoms with Gasteiger partial charge < -0.3 is 9.84 Å². The molecule has 3 aromatic rings. The summed E-state index contributed by atoms with van der Waals surface area (Å²) in [5.41, 5.74) is 1.57. The van der Waals surface area contributed by atoms with E-state index in [4.69, 9.17) is 16.3 Å². The third kappa shape index (κ3) is 2.25. The Hall–Kier alpha value is -1.78. The molecular formula is C14H10ClNO2S. The Morgan fingerprint density at radius 3 is 2.79 bits per heavy atom. The number of ether oxygens (including phenoxy) is 1. The SMILES string of the molecule is COc1ccc(-c2nc3ccc(Cl)cc3s2)c(O)c1. The quantitative estimate of drug-likeness (QED) is 0.764. The Kier molecular flexibility index (Phi) is 3.05. The molecule has 1 N–H and O–H groups in total. The monoisotopic (exact) mass is 291 g/mol. The number of rotatable bonds is 2. The molecule has 2 aromatic carbocycles. The van der Waals surface area contributed by atoms with Crippen molar-refractivity contribution in [3.8, 4) is 22.1 Å². The molecule has 1 aromatic heterocycles. The molecule has 0 atom stereocenters. The normalized spacial score (nSPS) is 10.8. The summed E-state index contributed by atoms with van der Waals surface area (Å²) in [6, 6.07) is 10.7. The third-order valence-electron chi connectivity index (χ3n) is 2.79. The van der Waals surface area contributed by atoms with Crippen molar-refractivity contribution in [2.24, 2.45) is 0 Å². The Balaban J connectivity index is 2.13. The van der Waals surface area contributed by atoms with E-state index in [9.17, 15) is 5.11 Å². The number of aromatic nitrogens is 1. The summed E-state index contributed by atoms with van der Waals surface area (Å²) >= 11 is 7.45. The molecular weight excluding hydrogens is 282 g/mol. The van der Waals surface area contributed by atoms with E-state index < -0.39 is 0 Å². The number of methoxy groups -OCH3 is 1. The highest BCUT2D eigenvalue weighted by Gasteiger charge is 2.11. The van der Waals surface area contributed by atoms with Crippen molar-refractivity contribution in [2.45, 2.75) is 0 Å². The van der Waals surface area contributed by atoms with E-state index in [1.54, 1.807) is 31.4 Å². The first-order valence-corrected chi connectivity index (χ1v) is 6.80. The number of benzene rings is 2. The van der Waals surface area contributed by atoms with Gasteiger partial charge in [0.05, 0.1) is 22.9 Å². The second-order valence-electron chi connectivity index (χ2n) is 4.01. The zero-order valence-corrected chi connectivity index (χ0v) is 11.6. The molecule has 0 spiro atoms. The van der Waals surface area contributed by atoms with Crippen molar-refractivity contribution >= 4 is 33.2 Å². The Morgan fingerprint density at radius 1 is 1.21 bits per heavy atom. The summed E-state index contributed by atoms with van der Waals surface area (Å²) in [6.07, 6.45) is 0. The van der Waals surface area contributed by atoms with Crippen LogP contribution in [0.4, 0.5) is 0 Å². The van der Waals surface area contributed by atoms with Crippen LogP contribution in [-0.2, 0) is 0 Å². The van der Waals surface area contributed by atoms with Crippen LogP contribution in [0.5, 0.6) is 11.5 Å². The number of phenols is 1. The van der Waals surface area contributed by atoms with E-state index in [0.29, 0.717) is 16.3 Å². The molecule has 0 unspecified atom stereocenters. The van der Waals surface area contributed by atoms with Crippen molar-refractivity contribution < 1.29 is 9.84 Å². The van der Waals surface area contributed by atoms with Crippen molar-refractivity contribution in [2.75, 3.05) is 7.11 Å². The number of hydrogen-bond donors (Lipinski definition) is 1. The number of aromatic hydroxyl groups is 1. The van der Waals surface area contributed by atoms with Gasteiger partial charge in [0.15, 0.2) is 0 Å². The molecule has 0 aliphatic rings. The maximum atomic E-state index is 10.0. The molecule has 0 fully saturated rings. The number of fused-ring (bicyclic) bond motifs is 1. The molecule has 1 heterocycles. The summed E-state index contributed by atoms with van der Waals surface area (Å²) in [4.78, 5) is 4.50. The number of nitrogens with zero attached hydrogens (tertiary/aromatic N) is 1. The van der Waals surface area contributed by atoms with Crippen LogP contribution in [0.1, 0.15) is 0 Å². The van der Waals surface area contributed by atoms with E-state index >= 15 is 0 Å². The van der Waals surface area contributed by atoms with Gasteiger partial charge in [-0.1, -0.05) is 11.6 Å². The van der Waals surface area contributed by atoms with Gasteiger partial charge in [-0.15, -0.1) is 11.3 Å². The minimum Gasteiger partial charge on any atom is -0.507 e. The third-order valence-corrected chi connectivity index (χ3v) is 4.07. The van der Waals surface area contributed by atoms with Crippen molar-refractivity contribution in [1.82, 2.24) is 4.98 Å². The van der Waals surface area contributed by atoms with Crippen LogP contribution in [0.25, 0.3) is 20.8 Å². The summed E-state index contributed by atoms with van der Waals surface area (Å²) in [7, 11) is 1.56. The first-order chi connectivity index (χ1) is 9.17. The molecule has 5 heteroatoms. The Bertz CT molecular complexity index is 754. The number of phenolic OH excluding ortho intramolecular Hbond substituents is 1. The fourth-order valence-electron chi connectivity index (χ4n) is 1.83. The molecule has 19 heavy (non-hydrogen) atoms. The lowest BCUT2D eigenvalue weighted by molar-refractivity contribution is 0.408. The van der Waals surface area contributed by atoms with Crippen molar-refractivity contribution in [3.05, 3.63) is 41.4 Å². The molecule has 0 saturated carbocycles. The van der Waals surface area contributed by atoms with Crippen LogP contribution >= 0.6 is 22.9 Å². The summed E-state index contributed by atoms with van der Waals surface area (Å²) in [5.74, 6) is 0.773. The van der Waals surface area contributed by atoms with Gasteiger partial charge >= 0.3 is 0 Å². The van der Waals surface area contributed by atoms with Gasteiger partial charge in [0.25, 0.3) is 0 Å². The zero-order chi connectivity index (χ0) is 13.4. The minimum atomic E-state index is 0.157. The summed E-state index contributed by atoms with van der Waals surface area (Å²) in [6.45, 7) is 0. The number of hydrogen-bond acceptors (Lipinski definition) is 4. The summed E-state index contributed by atoms with van der Waals surface area (Å²) < 4.78 is 6.06. The molecule has 3 nitrogen and oxygen atoms in total. The standard InChI is InChI=1S/C14H10ClNO2S/c1-18-9-3-4-10(12(17)7-9)14-16-11-5-2-8(15)6-13(11)19-14/h2-7,17H,1H3. The number of halogens is 1. The van der Waals surface area contributed by atoms with E-state index in [1.807, 2.05) is 12.1 Å². The van der Waals surface area contributed by atoms with Crippen LogP contribution in [0.3, 0.4) is 0 Å². The van der Waals surface area contributed by atoms with Crippen LogP contribution in [0, 0.1) is 0 Å². The van der Waals surface area contributed by atoms with E-state index in [1.165, 1.54) is 11.3 Å². The predicted molar refractivity (Wildman–Crippen MR) is 78.3 cm³/mol. The lowest BCUT2D eigenvalue weighted by Crippen LogP contribution is -1.83. The molecule has 0 amide bonds. The second kappa shape index (κ2) is 4.72. The van der Waals surface area contributed by atoms with Gasteiger partial charge in [-0.2, -0.15) is 0 Å². The summed E-state index contributed by atoms with van der Waals surface area (Å²) in [5, 5.41) is 11.5. The fourth-order valence-corrected chi connectivity index (χ4v) is 3.11. The predicted octanol–water partition coefficient (Wildman–Crippen LogP) is 4.33. The van der Waals surface area contributed by atoms with Gasteiger partial charge in [0.1, 0.15) is 16.5 Å². The van der Waals surface area contributed by atoms with Crippen LogP contribution in [-0.4, -0.2) is 17.2 Å². The first-order valence-electron chi connectivity index (χ1n) is 5.61. The molecule has 3 rings (SSSR count). The maximum absolute atomic E-state index is 10.0. The zero-order valence-electron chi connectivity index (χ0n) is 10.1.